The standard InChI is InChI=1S/C10H16O.C10H14O.H2/c2*11-10-8-2-6-1-7(4-8)5-9(10)3-6;/h6-11H,1-5H2;6-9H,1-5H2;1H. The van der Waals surface area contributed by atoms with E-state index in [9.17, 15) is 9.90 Å². The number of aliphatic hydroxyl groups is 1. The molecule has 8 bridgehead atoms. The highest BCUT2D eigenvalue weighted by Crippen LogP contribution is 2.53. The minimum atomic E-state index is 0. The molecule has 0 amide bonds. The number of carbonyl (C=O) groups excluding carboxylic acids is 1. The molecular formula is C20H32O2. The largest absolute Gasteiger partial charge is 0.393 e. The van der Waals surface area contributed by atoms with Crippen molar-refractivity contribution in [1.29, 1.82) is 0 Å². The number of hydrogen-bond acceptors (Lipinski definition) is 2. The van der Waals surface area contributed by atoms with Gasteiger partial charge in [0.15, 0.2) is 0 Å². The van der Waals surface area contributed by atoms with E-state index in [1.165, 1.54) is 64.2 Å². The molecule has 8 aliphatic carbocycles. The first-order chi connectivity index (χ1) is 10.7. The lowest BCUT2D eigenvalue weighted by Gasteiger charge is -2.52. The Morgan fingerprint density at radius 2 is 1.00 bits per heavy atom. The summed E-state index contributed by atoms with van der Waals surface area (Å²) in [6.45, 7) is 0. The molecule has 0 aromatic heterocycles. The SMILES string of the molecule is O=C1C2CC3CC(C2)CC1C3.OC1C2CC3CC(C2)CC1C3.[HH]. The van der Waals surface area contributed by atoms with E-state index < -0.39 is 0 Å². The second kappa shape index (κ2) is 5.06. The van der Waals surface area contributed by atoms with Crippen molar-refractivity contribution in [2.75, 3.05) is 0 Å². The van der Waals surface area contributed by atoms with Crippen LogP contribution in [-0.2, 0) is 4.79 Å². The highest BCUT2D eigenvalue weighted by Gasteiger charge is 2.48. The molecule has 0 spiro atoms. The summed E-state index contributed by atoms with van der Waals surface area (Å²) >= 11 is 0. The van der Waals surface area contributed by atoms with Gasteiger partial charge >= 0.3 is 0 Å². The molecule has 124 valence electrons. The molecule has 0 aromatic carbocycles. The Morgan fingerprint density at radius 3 is 1.41 bits per heavy atom. The van der Waals surface area contributed by atoms with E-state index in [2.05, 4.69) is 0 Å². The van der Waals surface area contributed by atoms with E-state index >= 15 is 0 Å². The van der Waals surface area contributed by atoms with Gasteiger partial charge in [0, 0.05) is 13.3 Å². The van der Waals surface area contributed by atoms with Gasteiger partial charge in [-0.1, -0.05) is 0 Å². The number of carbonyl (C=O) groups is 1. The van der Waals surface area contributed by atoms with Gasteiger partial charge in [0.2, 0.25) is 0 Å². The summed E-state index contributed by atoms with van der Waals surface area (Å²) in [5.41, 5.74) is 0. The van der Waals surface area contributed by atoms with Crippen molar-refractivity contribution in [1.82, 2.24) is 0 Å². The summed E-state index contributed by atoms with van der Waals surface area (Å²) in [5, 5.41) is 9.83. The first kappa shape index (κ1) is 14.0. The molecule has 0 heterocycles. The van der Waals surface area contributed by atoms with Crippen LogP contribution < -0.4 is 0 Å². The minimum absolute atomic E-state index is 0. The fourth-order valence-electron chi connectivity index (χ4n) is 7.55. The second-order valence-corrected chi connectivity index (χ2v) is 9.63. The van der Waals surface area contributed by atoms with E-state index in [1.807, 2.05) is 0 Å². The van der Waals surface area contributed by atoms with Crippen LogP contribution in [0.15, 0.2) is 0 Å². The number of Topliss-reactive ketones (excluding diaryl/α,β-unsaturated/α-hetero) is 1. The lowest BCUT2D eigenvalue weighted by Crippen LogP contribution is -2.48. The zero-order valence-electron chi connectivity index (χ0n) is 13.6. The second-order valence-electron chi connectivity index (χ2n) is 9.63. The molecule has 0 aliphatic heterocycles. The molecule has 2 heteroatoms. The molecule has 0 unspecified atom stereocenters. The third-order valence-corrected chi connectivity index (χ3v) is 8.12. The van der Waals surface area contributed by atoms with Crippen molar-refractivity contribution in [3.8, 4) is 0 Å². The van der Waals surface area contributed by atoms with Gasteiger partial charge in [-0.25, -0.2) is 0 Å². The highest BCUT2D eigenvalue weighted by molar-refractivity contribution is 5.85. The number of hydrogen-bond donors (Lipinski definition) is 1. The van der Waals surface area contributed by atoms with Crippen LogP contribution in [0.25, 0.3) is 0 Å². The normalized spacial score (nSPS) is 57.0. The highest BCUT2D eigenvalue weighted by atomic mass is 16.3. The van der Waals surface area contributed by atoms with Gasteiger partial charge in [-0.15, -0.1) is 0 Å². The summed E-state index contributed by atoms with van der Waals surface area (Å²) < 4.78 is 0. The lowest BCUT2D eigenvalue weighted by molar-refractivity contribution is -0.139. The maximum atomic E-state index is 11.6. The van der Waals surface area contributed by atoms with Gasteiger partial charge in [0.05, 0.1) is 6.10 Å². The molecule has 8 saturated carbocycles. The fourth-order valence-corrected chi connectivity index (χ4v) is 7.55. The van der Waals surface area contributed by atoms with E-state index in [4.69, 9.17) is 0 Å². The Kier molecular flexibility index (Phi) is 3.22. The quantitative estimate of drug-likeness (QED) is 0.733. The van der Waals surface area contributed by atoms with Gasteiger partial charge in [-0.2, -0.15) is 0 Å². The smallest absolute Gasteiger partial charge is 0.139 e. The van der Waals surface area contributed by atoms with Gasteiger partial charge in [-0.3, -0.25) is 4.79 Å². The van der Waals surface area contributed by atoms with E-state index in [0.717, 1.165) is 23.7 Å². The van der Waals surface area contributed by atoms with Gasteiger partial charge in [-0.05, 0) is 99.7 Å². The molecule has 22 heavy (non-hydrogen) atoms. The summed E-state index contributed by atoms with van der Waals surface area (Å²) in [5.74, 6) is 6.92. The Morgan fingerprint density at radius 1 is 0.636 bits per heavy atom. The van der Waals surface area contributed by atoms with Crippen molar-refractivity contribution >= 4 is 5.78 Å². The summed E-state index contributed by atoms with van der Waals surface area (Å²) in [4.78, 5) is 11.6. The molecule has 0 radical (unpaired) electrons. The molecule has 8 fully saturated rings. The molecule has 1 N–H and O–H groups in total. The number of aliphatic hydroxyl groups excluding tert-OH is 1. The third kappa shape index (κ3) is 2.20. The Bertz CT molecular complexity index is 416. The Balaban J connectivity index is 0.000000113. The van der Waals surface area contributed by atoms with Crippen molar-refractivity contribution < 1.29 is 11.3 Å². The first-order valence-electron chi connectivity index (χ1n) is 9.87. The van der Waals surface area contributed by atoms with Crippen LogP contribution in [0.3, 0.4) is 0 Å². The number of rotatable bonds is 0. The van der Waals surface area contributed by atoms with E-state index in [-0.39, 0.29) is 7.53 Å². The zero-order valence-corrected chi connectivity index (χ0v) is 13.6. The van der Waals surface area contributed by atoms with Gasteiger partial charge in [0.25, 0.3) is 0 Å². The van der Waals surface area contributed by atoms with Crippen LogP contribution in [-0.4, -0.2) is 17.0 Å². The van der Waals surface area contributed by atoms with Crippen LogP contribution in [0.5, 0.6) is 0 Å². The van der Waals surface area contributed by atoms with Crippen molar-refractivity contribution in [3.05, 3.63) is 0 Å². The molecule has 0 aromatic rings. The maximum Gasteiger partial charge on any atom is 0.139 e. The van der Waals surface area contributed by atoms with Crippen LogP contribution in [0.1, 0.15) is 65.6 Å². The topological polar surface area (TPSA) is 37.3 Å². The predicted molar refractivity (Wildman–Crippen MR) is 87.2 cm³/mol. The van der Waals surface area contributed by atoms with Crippen LogP contribution in [0.2, 0.25) is 0 Å². The Hall–Kier alpha value is -0.370. The first-order valence-corrected chi connectivity index (χ1v) is 9.87. The average Bonchev–Trinajstić information content (AvgIpc) is 2.49. The van der Waals surface area contributed by atoms with Crippen molar-refractivity contribution in [3.63, 3.8) is 0 Å². The van der Waals surface area contributed by atoms with Gasteiger partial charge < -0.3 is 5.11 Å². The van der Waals surface area contributed by atoms with Crippen LogP contribution in [0.4, 0.5) is 0 Å². The monoisotopic (exact) mass is 304 g/mol. The molecule has 8 rings (SSSR count). The maximum absolute atomic E-state index is 11.6. The van der Waals surface area contributed by atoms with E-state index in [1.54, 1.807) is 0 Å². The Labute approximate surface area is 135 Å². The predicted octanol–water partition coefficient (Wildman–Crippen LogP) is 4.06. The van der Waals surface area contributed by atoms with Gasteiger partial charge in [0.1, 0.15) is 5.78 Å². The molecule has 0 atom stereocenters. The van der Waals surface area contributed by atoms with Crippen LogP contribution in [0, 0.1) is 47.3 Å². The fraction of sp³-hybridized carbons (Fsp3) is 0.950. The lowest BCUT2D eigenvalue weighted by atomic mass is 9.55. The molecular weight excluding hydrogens is 272 g/mol. The minimum Gasteiger partial charge on any atom is -0.393 e. The molecule has 2 nitrogen and oxygen atoms in total. The number of ketones is 1. The summed E-state index contributed by atoms with van der Waals surface area (Å²) in [6, 6.07) is 0. The molecule has 8 aliphatic rings. The zero-order chi connectivity index (χ0) is 14.8. The van der Waals surface area contributed by atoms with Crippen molar-refractivity contribution in [2.24, 2.45) is 47.3 Å². The molecule has 0 saturated heterocycles. The third-order valence-electron chi connectivity index (χ3n) is 8.12. The average molecular weight is 304 g/mol. The van der Waals surface area contributed by atoms with Crippen LogP contribution >= 0.6 is 0 Å². The summed E-state index contributed by atoms with van der Waals surface area (Å²) in [7, 11) is 0. The van der Waals surface area contributed by atoms with E-state index in [0.29, 0.717) is 29.5 Å². The van der Waals surface area contributed by atoms with Crippen molar-refractivity contribution in [2.45, 2.75) is 70.3 Å². The summed E-state index contributed by atoms with van der Waals surface area (Å²) in [6.07, 6.45) is 13.3.